The largest absolute Gasteiger partial charge is 0.463 e. The molecule has 2 aliphatic heterocycles. The Labute approximate surface area is 293 Å². The molecule has 12 heteroatoms. The fraction of sp³-hybridized carbons (Fsp3) is 0.351. The summed E-state index contributed by atoms with van der Waals surface area (Å²) in [5, 5.41) is 4.36. The second-order valence-electron chi connectivity index (χ2n) is 12.2. The van der Waals surface area contributed by atoms with E-state index in [0.29, 0.717) is 25.4 Å². The molecular formula is C37H39F3N4O3S2. The SMILES string of the molecule is CC(=O)Nc1cccc2c(SC(C)C(=O)OCCN3CCN(CCCN4c5ccccc5Sc5ccc(C(F)(F)F)cc54)CC3)cccc12. The molecule has 1 amide bonds. The van der Waals surface area contributed by atoms with E-state index in [1.165, 1.54) is 36.5 Å². The first-order valence-electron chi connectivity index (χ1n) is 16.4. The van der Waals surface area contributed by atoms with Crippen molar-refractivity contribution in [3.8, 4) is 0 Å². The zero-order chi connectivity index (χ0) is 34.5. The maximum atomic E-state index is 13.6. The zero-order valence-electron chi connectivity index (χ0n) is 27.5. The number of benzene rings is 4. The van der Waals surface area contributed by atoms with Gasteiger partial charge in [-0.25, -0.2) is 0 Å². The molecule has 1 unspecified atom stereocenters. The van der Waals surface area contributed by atoms with E-state index < -0.39 is 17.0 Å². The highest BCUT2D eigenvalue weighted by Gasteiger charge is 2.33. The fourth-order valence-electron chi connectivity index (χ4n) is 6.25. The standard InChI is InChI=1S/C37H39F3N4O3S2/c1-25(48-33-13-6-8-28-29(33)9-5-10-30(28)41-26(2)45)36(46)47-23-22-43-20-18-42(19-21-43)16-7-17-44-31-11-3-4-12-34(31)49-35-15-14-27(24-32(35)44)37(38,39)40/h3-6,8-15,24-25H,7,16-23H2,1-2H3,(H,41,45). The van der Waals surface area contributed by atoms with E-state index in [-0.39, 0.29) is 11.9 Å². The molecule has 2 aliphatic rings. The minimum Gasteiger partial charge on any atom is -0.463 e. The average Bonchev–Trinajstić information content (AvgIpc) is 3.08. The number of ether oxygens (including phenoxy) is 1. The molecule has 1 atom stereocenters. The number of nitrogens with zero attached hydrogens (tertiary/aromatic N) is 3. The summed E-state index contributed by atoms with van der Waals surface area (Å²) < 4.78 is 46.3. The normalized spacial score (nSPS) is 15.8. The quantitative estimate of drug-likeness (QED) is 0.124. The van der Waals surface area contributed by atoms with Gasteiger partial charge >= 0.3 is 12.1 Å². The second kappa shape index (κ2) is 15.5. The third kappa shape index (κ3) is 8.54. The Bertz CT molecular complexity index is 1810. The maximum Gasteiger partial charge on any atom is 0.416 e. The lowest BCUT2D eigenvalue weighted by atomic mass is 10.1. The molecule has 49 heavy (non-hydrogen) atoms. The highest BCUT2D eigenvalue weighted by atomic mass is 32.2. The summed E-state index contributed by atoms with van der Waals surface area (Å²) in [6.07, 6.45) is -3.58. The van der Waals surface area contributed by atoms with Gasteiger partial charge in [0.2, 0.25) is 5.91 Å². The van der Waals surface area contributed by atoms with Gasteiger partial charge in [0.05, 0.1) is 16.9 Å². The molecule has 0 bridgehead atoms. The Balaban J connectivity index is 0.950. The van der Waals surface area contributed by atoms with Crippen LogP contribution < -0.4 is 10.2 Å². The van der Waals surface area contributed by atoms with Crippen LogP contribution in [-0.4, -0.2) is 79.3 Å². The van der Waals surface area contributed by atoms with Crippen molar-refractivity contribution in [2.24, 2.45) is 0 Å². The van der Waals surface area contributed by atoms with Gasteiger partial charge in [-0.15, -0.1) is 11.8 Å². The van der Waals surface area contributed by atoms with Crippen molar-refractivity contribution in [2.75, 3.05) is 62.6 Å². The van der Waals surface area contributed by atoms with Crippen LogP contribution in [0.4, 0.5) is 30.2 Å². The lowest BCUT2D eigenvalue weighted by molar-refractivity contribution is -0.143. The molecule has 1 fully saturated rings. The lowest BCUT2D eigenvalue weighted by Gasteiger charge is -2.36. The highest BCUT2D eigenvalue weighted by molar-refractivity contribution is 8.00. The van der Waals surface area contributed by atoms with Gasteiger partial charge in [-0.05, 0) is 67.7 Å². The molecular weight excluding hydrogens is 670 g/mol. The summed E-state index contributed by atoms with van der Waals surface area (Å²) in [6.45, 7) is 9.23. The van der Waals surface area contributed by atoms with E-state index in [0.717, 1.165) is 82.0 Å². The van der Waals surface area contributed by atoms with Crippen molar-refractivity contribution in [1.82, 2.24) is 9.80 Å². The number of rotatable bonds is 11. The topological polar surface area (TPSA) is 65.1 Å². The van der Waals surface area contributed by atoms with Crippen molar-refractivity contribution in [3.05, 3.63) is 84.4 Å². The smallest absolute Gasteiger partial charge is 0.416 e. The van der Waals surface area contributed by atoms with E-state index in [9.17, 15) is 22.8 Å². The van der Waals surface area contributed by atoms with Gasteiger partial charge in [-0.2, -0.15) is 13.2 Å². The van der Waals surface area contributed by atoms with Crippen molar-refractivity contribution < 1.29 is 27.5 Å². The maximum absolute atomic E-state index is 13.6. The number of nitrogens with one attached hydrogen (secondary N) is 1. The van der Waals surface area contributed by atoms with Gasteiger partial charge in [0.25, 0.3) is 0 Å². The van der Waals surface area contributed by atoms with Crippen LogP contribution in [0.1, 0.15) is 25.8 Å². The lowest BCUT2D eigenvalue weighted by Crippen LogP contribution is -2.47. The molecule has 0 spiro atoms. The number of esters is 1. The van der Waals surface area contributed by atoms with Gasteiger partial charge in [0, 0.05) is 72.0 Å². The molecule has 1 N–H and O–H groups in total. The number of halogens is 3. The first-order valence-corrected chi connectivity index (χ1v) is 18.1. The summed E-state index contributed by atoms with van der Waals surface area (Å²) in [4.78, 5) is 34.0. The molecule has 4 aromatic rings. The summed E-state index contributed by atoms with van der Waals surface area (Å²) >= 11 is 2.96. The summed E-state index contributed by atoms with van der Waals surface area (Å²) in [7, 11) is 0. The highest BCUT2D eigenvalue weighted by Crippen LogP contribution is 2.49. The number of para-hydroxylation sites is 1. The summed E-state index contributed by atoms with van der Waals surface area (Å²) in [5.41, 5.74) is 1.66. The van der Waals surface area contributed by atoms with Gasteiger partial charge in [0.1, 0.15) is 11.9 Å². The van der Waals surface area contributed by atoms with E-state index in [2.05, 4.69) is 15.1 Å². The van der Waals surface area contributed by atoms with Crippen LogP contribution in [0.5, 0.6) is 0 Å². The second-order valence-corrected chi connectivity index (χ2v) is 14.7. The van der Waals surface area contributed by atoms with Gasteiger partial charge < -0.3 is 19.9 Å². The number of alkyl halides is 3. The number of amides is 1. The Morgan fingerprint density at radius 2 is 1.55 bits per heavy atom. The first kappa shape index (κ1) is 35.1. The first-order chi connectivity index (χ1) is 23.6. The Kier molecular flexibility index (Phi) is 11.1. The molecule has 4 aromatic carbocycles. The predicted octanol–water partition coefficient (Wildman–Crippen LogP) is 8.15. The van der Waals surface area contributed by atoms with Crippen LogP contribution in [0.25, 0.3) is 10.8 Å². The zero-order valence-corrected chi connectivity index (χ0v) is 29.1. The van der Waals surface area contributed by atoms with E-state index >= 15 is 0 Å². The van der Waals surface area contributed by atoms with Gasteiger partial charge in [0.15, 0.2) is 0 Å². The van der Waals surface area contributed by atoms with Crippen LogP contribution in [0.3, 0.4) is 0 Å². The third-order valence-corrected chi connectivity index (χ3v) is 11.0. The minimum absolute atomic E-state index is 0.136. The third-order valence-electron chi connectivity index (χ3n) is 8.75. The summed E-state index contributed by atoms with van der Waals surface area (Å²) in [5.74, 6) is -0.400. The molecule has 0 radical (unpaired) electrons. The van der Waals surface area contributed by atoms with Gasteiger partial charge in [-0.1, -0.05) is 48.2 Å². The molecule has 1 saturated heterocycles. The van der Waals surface area contributed by atoms with E-state index in [1.807, 2.05) is 72.5 Å². The molecule has 0 aromatic heterocycles. The number of hydrogen-bond donors (Lipinski definition) is 1. The number of carbonyl (C=O) groups is 2. The fourth-order valence-corrected chi connectivity index (χ4v) is 8.33. The number of hydrogen-bond acceptors (Lipinski definition) is 8. The molecule has 7 nitrogen and oxygen atoms in total. The monoisotopic (exact) mass is 708 g/mol. The minimum atomic E-state index is -4.39. The Morgan fingerprint density at radius 1 is 0.857 bits per heavy atom. The number of thioether (sulfide) groups is 1. The Morgan fingerprint density at radius 3 is 2.31 bits per heavy atom. The van der Waals surface area contributed by atoms with Crippen LogP contribution in [0.2, 0.25) is 0 Å². The van der Waals surface area contributed by atoms with Crippen molar-refractivity contribution in [1.29, 1.82) is 0 Å². The van der Waals surface area contributed by atoms with E-state index in [1.54, 1.807) is 6.07 Å². The number of piperazine rings is 1. The van der Waals surface area contributed by atoms with Crippen LogP contribution >= 0.6 is 23.5 Å². The van der Waals surface area contributed by atoms with Gasteiger partial charge in [-0.3, -0.25) is 14.5 Å². The number of fused-ring (bicyclic) bond motifs is 3. The van der Waals surface area contributed by atoms with E-state index in [4.69, 9.17) is 4.74 Å². The van der Waals surface area contributed by atoms with Crippen molar-refractivity contribution in [3.63, 3.8) is 0 Å². The molecule has 0 aliphatic carbocycles. The number of anilines is 3. The number of carbonyl (C=O) groups excluding carboxylic acids is 2. The molecule has 2 heterocycles. The van der Waals surface area contributed by atoms with Crippen LogP contribution in [0.15, 0.2) is 93.5 Å². The molecule has 258 valence electrons. The molecule has 6 rings (SSSR count). The Hall–Kier alpha value is -3.71. The van der Waals surface area contributed by atoms with Crippen molar-refractivity contribution in [2.45, 2.75) is 46.4 Å². The van der Waals surface area contributed by atoms with Crippen LogP contribution in [0, 0.1) is 0 Å². The van der Waals surface area contributed by atoms with Crippen LogP contribution in [-0.2, 0) is 20.5 Å². The molecule has 0 saturated carbocycles. The average molecular weight is 709 g/mol. The van der Waals surface area contributed by atoms with Crippen molar-refractivity contribution >= 4 is 63.2 Å². The predicted molar refractivity (Wildman–Crippen MR) is 191 cm³/mol. The summed E-state index contributed by atoms with van der Waals surface area (Å²) in [6, 6.07) is 23.5.